The maximum absolute atomic E-state index is 11.4. The second-order valence-electron chi connectivity index (χ2n) is 3.63. The van der Waals surface area contributed by atoms with Gasteiger partial charge in [0, 0.05) is 12.4 Å². The summed E-state index contributed by atoms with van der Waals surface area (Å²) in [5.41, 5.74) is -0.244. The van der Waals surface area contributed by atoms with Gasteiger partial charge in [-0.05, 0) is 38.2 Å². The van der Waals surface area contributed by atoms with Crippen molar-refractivity contribution in [2.45, 2.75) is 19.4 Å². The Morgan fingerprint density at radius 2 is 2.07 bits per heavy atom. The molecule has 0 saturated carbocycles. The van der Waals surface area contributed by atoms with Crippen molar-refractivity contribution < 1.29 is 9.90 Å². The first-order valence-corrected chi connectivity index (χ1v) is 4.88. The summed E-state index contributed by atoms with van der Waals surface area (Å²) in [5, 5.41) is 9.33. The fraction of sp³-hybridized carbons (Fsp3) is 0.455. The van der Waals surface area contributed by atoms with Crippen LogP contribution in [-0.4, -0.2) is 34.6 Å². The van der Waals surface area contributed by atoms with Gasteiger partial charge in [-0.1, -0.05) is 6.92 Å². The highest BCUT2D eigenvalue weighted by atomic mass is 16.4. The Morgan fingerprint density at radius 3 is 2.47 bits per heavy atom. The van der Waals surface area contributed by atoms with E-state index in [0.717, 1.165) is 5.56 Å². The number of nitrogens with zero attached hydrogens (tertiary/aromatic N) is 2. The van der Waals surface area contributed by atoms with Gasteiger partial charge in [0.2, 0.25) is 0 Å². The molecular weight excluding hydrogens is 192 g/mol. The van der Waals surface area contributed by atoms with Crippen LogP contribution in [0.5, 0.6) is 0 Å². The van der Waals surface area contributed by atoms with Crippen LogP contribution in [0.2, 0.25) is 0 Å². The second-order valence-corrected chi connectivity index (χ2v) is 3.63. The molecule has 4 heteroatoms. The summed E-state index contributed by atoms with van der Waals surface area (Å²) in [4.78, 5) is 17.0. The SMILES string of the molecule is CCN(C)C(C)(C(=O)O)c1ccncc1. The van der Waals surface area contributed by atoms with Crippen LogP contribution in [0.25, 0.3) is 0 Å². The molecule has 0 fully saturated rings. The van der Waals surface area contributed by atoms with Gasteiger partial charge in [0.05, 0.1) is 0 Å². The topological polar surface area (TPSA) is 53.4 Å². The summed E-state index contributed by atoms with van der Waals surface area (Å²) in [6, 6.07) is 3.47. The Morgan fingerprint density at radius 1 is 1.53 bits per heavy atom. The molecule has 0 aromatic carbocycles. The Hall–Kier alpha value is -1.42. The van der Waals surface area contributed by atoms with Crippen molar-refractivity contribution in [1.29, 1.82) is 0 Å². The molecule has 0 radical (unpaired) electrons. The molecule has 1 atom stereocenters. The first-order valence-electron chi connectivity index (χ1n) is 4.88. The minimum absolute atomic E-state index is 0.672. The van der Waals surface area contributed by atoms with E-state index in [0.29, 0.717) is 6.54 Å². The Kier molecular flexibility index (Phi) is 3.42. The van der Waals surface area contributed by atoms with E-state index in [2.05, 4.69) is 4.98 Å². The van der Waals surface area contributed by atoms with E-state index in [-0.39, 0.29) is 0 Å². The molecular formula is C11H16N2O2. The van der Waals surface area contributed by atoms with Crippen LogP contribution in [0.3, 0.4) is 0 Å². The molecule has 0 bridgehead atoms. The molecule has 1 rings (SSSR count). The molecule has 4 nitrogen and oxygen atoms in total. The highest BCUT2D eigenvalue weighted by Crippen LogP contribution is 2.26. The third kappa shape index (κ3) is 1.99. The molecule has 0 spiro atoms. The zero-order valence-electron chi connectivity index (χ0n) is 9.27. The highest BCUT2D eigenvalue weighted by molar-refractivity contribution is 5.80. The molecule has 1 heterocycles. The number of carbonyl (C=O) groups is 1. The fourth-order valence-electron chi connectivity index (χ4n) is 1.50. The zero-order chi connectivity index (χ0) is 11.5. The number of hydrogen-bond donors (Lipinski definition) is 1. The predicted octanol–water partition coefficient (Wildman–Crippen LogP) is 1.33. The maximum atomic E-state index is 11.4. The van der Waals surface area contributed by atoms with Gasteiger partial charge in [-0.25, -0.2) is 4.79 Å². The molecule has 1 unspecified atom stereocenters. The lowest BCUT2D eigenvalue weighted by Crippen LogP contribution is -2.47. The van der Waals surface area contributed by atoms with E-state index in [1.165, 1.54) is 0 Å². The zero-order valence-corrected chi connectivity index (χ0v) is 9.27. The summed E-state index contributed by atoms with van der Waals surface area (Å²) in [6.45, 7) is 4.31. The fourth-order valence-corrected chi connectivity index (χ4v) is 1.50. The van der Waals surface area contributed by atoms with Crippen LogP contribution < -0.4 is 0 Å². The van der Waals surface area contributed by atoms with Gasteiger partial charge >= 0.3 is 5.97 Å². The summed E-state index contributed by atoms with van der Waals surface area (Å²) in [6.07, 6.45) is 3.22. The molecule has 1 aromatic rings. The van der Waals surface area contributed by atoms with Crippen molar-refractivity contribution in [3.05, 3.63) is 30.1 Å². The van der Waals surface area contributed by atoms with E-state index in [4.69, 9.17) is 0 Å². The van der Waals surface area contributed by atoms with Crippen LogP contribution in [0.15, 0.2) is 24.5 Å². The minimum Gasteiger partial charge on any atom is -0.480 e. The number of aliphatic carboxylic acids is 1. The van der Waals surface area contributed by atoms with Gasteiger partial charge in [-0.2, -0.15) is 0 Å². The molecule has 1 N–H and O–H groups in total. The number of pyridine rings is 1. The Bertz CT molecular complexity index is 340. The summed E-state index contributed by atoms with van der Waals surface area (Å²) in [5.74, 6) is -0.849. The molecule has 15 heavy (non-hydrogen) atoms. The average molecular weight is 208 g/mol. The van der Waals surface area contributed by atoms with Crippen LogP contribution in [0.1, 0.15) is 19.4 Å². The lowest BCUT2D eigenvalue weighted by molar-refractivity contribution is -0.150. The van der Waals surface area contributed by atoms with Gasteiger partial charge < -0.3 is 5.11 Å². The van der Waals surface area contributed by atoms with E-state index >= 15 is 0 Å². The van der Waals surface area contributed by atoms with Crippen LogP contribution >= 0.6 is 0 Å². The smallest absolute Gasteiger partial charge is 0.328 e. The number of aromatic nitrogens is 1. The van der Waals surface area contributed by atoms with E-state index < -0.39 is 11.5 Å². The summed E-state index contributed by atoms with van der Waals surface area (Å²) in [7, 11) is 1.80. The predicted molar refractivity (Wildman–Crippen MR) is 57.5 cm³/mol. The number of likely N-dealkylation sites (N-methyl/N-ethyl adjacent to an activating group) is 1. The van der Waals surface area contributed by atoms with Gasteiger partial charge in [0.25, 0.3) is 0 Å². The van der Waals surface area contributed by atoms with Crippen LogP contribution in [0.4, 0.5) is 0 Å². The molecule has 0 aliphatic carbocycles. The molecule has 82 valence electrons. The molecule has 0 aliphatic rings. The Labute approximate surface area is 89.6 Å². The van der Waals surface area contributed by atoms with E-state index in [1.807, 2.05) is 6.92 Å². The van der Waals surface area contributed by atoms with Gasteiger partial charge in [0.1, 0.15) is 5.54 Å². The first-order chi connectivity index (χ1) is 7.03. The Balaban J connectivity index is 3.19. The molecule has 0 saturated heterocycles. The number of carboxylic acids is 1. The first kappa shape index (κ1) is 11.7. The van der Waals surface area contributed by atoms with Crippen molar-refractivity contribution >= 4 is 5.97 Å². The average Bonchev–Trinajstić information content (AvgIpc) is 2.27. The quantitative estimate of drug-likeness (QED) is 0.811. The third-order valence-corrected chi connectivity index (χ3v) is 2.90. The molecule has 1 aromatic heterocycles. The number of hydrogen-bond acceptors (Lipinski definition) is 3. The minimum atomic E-state index is -0.988. The normalized spacial score (nSPS) is 14.9. The van der Waals surface area contributed by atoms with Crippen LogP contribution in [0, 0.1) is 0 Å². The largest absolute Gasteiger partial charge is 0.480 e. The van der Waals surface area contributed by atoms with Crippen molar-refractivity contribution in [2.75, 3.05) is 13.6 Å². The molecule has 0 aliphatic heterocycles. The van der Waals surface area contributed by atoms with Gasteiger partial charge in [-0.3, -0.25) is 9.88 Å². The number of carboxylic acid groups (broad SMARTS) is 1. The second kappa shape index (κ2) is 4.40. The summed E-state index contributed by atoms with van der Waals surface area (Å²) >= 11 is 0. The van der Waals surface area contributed by atoms with Crippen molar-refractivity contribution in [2.24, 2.45) is 0 Å². The van der Waals surface area contributed by atoms with Gasteiger partial charge in [0.15, 0.2) is 0 Å². The third-order valence-electron chi connectivity index (χ3n) is 2.90. The van der Waals surface area contributed by atoms with Crippen molar-refractivity contribution in [3.8, 4) is 0 Å². The highest BCUT2D eigenvalue weighted by Gasteiger charge is 2.38. The lowest BCUT2D eigenvalue weighted by atomic mass is 9.91. The molecule has 0 amide bonds. The monoisotopic (exact) mass is 208 g/mol. The lowest BCUT2D eigenvalue weighted by Gasteiger charge is -2.34. The summed E-state index contributed by atoms with van der Waals surface area (Å²) < 4.78 is 0. The van der Waals surface area contributed by atoms with E-state index in [9.17, 15) is 9.90 Å². The number of rotatable bonds is 4. The van der Waals surface area contributed by atoms with Gasteiger partial charge in [-0.15, -0.1) is 0 Å². The van der Waals surface area contributed by atoms with Crippen molar-refractivity contribution in [1.82, 2.24) is 9.88 Å². The van der Waals surface area contributed by atoms with E-state index in [1.54, 1.807) is 43.4 Å². The van der Waals surface area contributed by atoms with Crippen LogP contribution in [-0.2, 0) is 10.3 Å². The standard InChI is InChI=1S/C11H16N2O2/c1-4-13(3)11(2,10(14)15)9-5-7-12-8-6-9/h5-8H,4H2,1-3H3,(H,14,15). The van der Waals surface area contributed by atoms with Crippen molar-refractivity contribution in [3.63, 3.8) is 0 Å². The maximum Gasteiger partial charge on any atom is 0.328 e.